The number of para-hydroxylation sites is 1. The zero-order valence-electron chi connectivity index (χ0n) is 9.58. The summed E-state index contributed by atoms with van der Waals surface area (Å²) in [6.07, 6.45) is 2.99. The van der Waals surface area contributed by atoms with Crippen LogP contribution in [0.5, 0.6) is 0 Å². The van der Waals surface area contributed by atoms with Crippen LogP contribution in [0.25, 0.3) is 0 Å². The number of anilines is 1. The number of carboxylic acid groups (broad SMARTS) is 1. The van der Waals surface area contributed by atoms with Crippen LogP contribution in [-0.4, -0.2) is 32.0 Å². The van der Waals surface area contributed by atoms with E-state index in [1.165, 1.54) is 23.1 Å². The first kappa shape index (κ1) is 13.2. The number of aromatic carboxylic acids is 1. The van der Waals surface area contributed by atoms with Crippen molar-refractivity contribution in [3.05, 3.63) is 40.6 Å². The lowest BCUT2D eigenvalue weighted by Crippen LogP contribution is -2.21. The molecule has 0 saturated carbocycles. The van der Waals surface area contributed by atoms with Crippen molar-refractivity contribution < 1.29 is 14.7 Å². The maximum Gasteiger partial charge on any atom is 0.337 e. The van der Waals surface area contributed by atoms with E-state index in [4.69, 9.17) is 5.11 Å². The third kappa shape index (κ3) is 3.16. The molecule has 0 aliphatic carbocycles. The van der Waals surface area contributed by atoms with E-state index in [-0.39, 0.29) is 23.7 Å². The molecule has 1 heterocycles. The van der Waals surface area contributed by atoms with E-state index in [1.54, 1.807) is 12.1 Å². The zero-order chi connectivity index (χ0) is 13.8. The first-order valence-electron chi connectivity index (χ1n) is 5.23. The Labute approximate surface area is 116 Å². The van der Waals surface area contributed by atoms with Gasteiger partial charge in [-0.25, -0.2) is 9.48 Å². The summed E-state index contributed by atoms with van der Waals surface area (Å²) in [5.74, 6) is -1.50. The number of halogens is 1. The van der Waals surface area contributed by atoms with E-state index in [1.807, 2.05) is 0 Å². The molecule has 0 radical (unpaired) electrons. The Morgan fingerprint density at radius 2 is 2.21 bits per heavy atom. The Bertz CT molecular complexity index is 612. The second-order valence-corrected chi connectivity index (χ2v) is 4.47. The summed E-state index contributed by atoms with van der Waals surface area (Å²) in [5.41, 5.74) is 0.237. The van der Waals surface area contributed by atoms with Gasteiger partial charge in [0.05, 0.1) is 17.4 Å². The highest BCUT2D eigenvalue weighted by molar-refractivity contribution is 9.10. The minimum Gasteiger partial charge on any atom is -0.478 e. The quantitative estimate of drug-likeness (QED) is 0.885. The van der Waals surface area contributed by atoms with Crippen molar-refractivity contribution in [2.24, 2.45) is 0 Å². The van der Waals surface area contributed by atoms with Gasteiger partial charge < -0.3 is 10.4 Å². The number of amides is 1. The van der Waals surface area contributed by atoms with Crippen molar-refractivity contribution in [1.29, 1.82) is 0 Å². The molecule has 1 aromatic heterocycles. The predicted octanol–water partition coefficient (Wildman–Crippen LogP) is 1.38. The predicted molar refractivity (Wildman–Crippen MR) is 69.8 cm³/mol. The van der Waals surface area contributed by atoms with E-state index in [0.29, 0.717) is 4.47 Å². The average Bonchev–Trinajstić information content (AvgIpc) is 2.84. The first-order valence-corrected chi connectivity index (χ1v) is 6.03. The number of aromatic nitrogens is 3. The molecular weight excluding hydrogens is 316 g/mol. The van der Waals surface area contributed by atoms with E-state index in [9.17, 15) is 9.59 Å². The van der Waals surface area contributed by atoms with Gasteiger partial charge in [-0.05, 0) is 28.1 Å². The number of nitrogens with one attached hydrogen (secondary N) is 1. The molecule has 0 spiro atoms. The number of carbonyl (C=O) groups is 2. The number of rotatable bonds is 4. The van der Waals surface area contributed by atoms with Gasteiger partial charge in [-0.1, -0.05) is 11.3 Å². The van der Waals surface area contributed by atoms with Crippen molar-refractivity contribution in [2.75, 3.05) is 5.32 Å². The highest BCUT2D eigenvalue weighted by atomic mass is 79.9. The molecule has 7 nitrogen and oxygen atoms in total. The first-order chi connectivity index (χ1) is 9.08. The number of hydrogen-bond acceptors (Lipinski definition) is 4. The minimum absolute atomic E-state index is 0.0151. The second-order valence-electron chi connectivity index (χ2n) is 3.62. The molecule has 0 fully saturated rings. The third-order valence-corrected chi connectivity index (χ3v) is 2.95. The highest BCUT2D eigenvalue weighted by Gasteiger charge is 2.15. The maximum absolute atomic E-state index is 11.8. The van der Waals surface area contributed by atoms with Crippen LogP contribution in [0, 0.1) is 0 Å². The lowest BCUT2D eigenvalue weighted by atomic mass is 10.2. The topological polar surface area (TPSA) is 97.1 Å². The summed E-state index contributed by atoms with van der Waals surface area (Å²) in [7, 11) is 0. The van der Waals surface area contributed by atoms with Crippen molar-refractivity contribution in [3.8, 4) is 0 Å². The molecular formula is C11H9BrN4O3. The molecule has 0 aliphatic heterocycles. The largest absolute Gasteiger partial charge is 0.478 e. The van der Waals surface area contributed by atoms with Crippen LogP contribution in [-0.2, 0) is 11.3 Å². The molecule has 0 atom stereocenters. The van der Waals surface area contributed by atoms with Crippen LogP contribution in [0.2, 0.25) is 0 Å². The van der Waals surface area contributed by atoms with Crippen molar-refractivity contribution in [1.82, 2.24) is 15.0 Å². The molecule has 2 aromatic rings. The normalized spacial score (nSPS) is 10.2. The lowest BCUT2D eigenvalue weighted by Gasteiger charge is -2.10. The third-order valence-electron chi connectivity index (χ3n) is 2.29. The number of hydrogen-bond donors (Lipinski definition) is 2. The number of carbonyl (C=O) groups excluding carboxylic acids is 1. The molecule has 2 rings (SSSR count). The Kier molecular flexibility index (Phi) is 3.91. The van der Waals surface area contributed by atoms with Crippen LogP contribution >= 0.6 is 15.9 Å². The SMILES string of the molecule is O=C(Cn1ccnn1)Nc1c(Br)cccc1C(=O)O. The van der Waals surface area contributed by atoms with E-state index >= 15 is 0 Å². The van der Waals surface area contributed by atoms with Gasteiger partial charge in [-0.2, -0.15) is 0 Å². The van der Waals surface area contributed by atoms with Gasteiger partial charge in [0.25, 0.3) is 0 Å². The fraction of sp³-hybridized carbons (Fsp3) is 0.0909. The molecule has 8 heteroatoms. The van der Waals surface area contributed by atoms with Gasteiger partial charge in [-0.3, -0.25) is 4.79 Å². The molecule has 0 bridgehead atoms. The van der Waals surface area contributed by atoms with Gasteiger partial charge in [0.2, 0.25) is 5.91 Å². The summed E-state index contributed by atoms with van der Waals surface area (Å²) in [6.45, 7) is -0.0413. The highest BCUT2D eigenvalue weighted by Crippen LogP contribution is 2.26. The summed E-state index contributed by atoms with van der Waals surface area (Å²) < 4.78 is 1.84. The average molecular weight is 325 g/mol. The molecule has 0 unspecified atom stereocenters. The lowest BCUT2D eigenvalue weighted by molar-refractivity contribution is -0.116. The Balaban J connectivity index is 2.19. The second kappa shape index (κ2) is 5.61. The Morgan fingerprint density at radius 3 is 2.84 bits per heavy atom. The molecule has 2 N–H and O–H groups in total. The summed E-state index contributed by atoms with van der Waals surface area (Å²) >= 11 is 3.21. The van der Waals surface area contributed by atoms with Crippen molar-refractivity contribution in [3.63, 3.8) is 0 Å². The monoisotopic (exact) mass is 324 g/mol. The fourth-order valence-electron chi connectivity index (χ4n) is 1.47. The van der Waals surface area contributed by atoms with Gasteiger partial charge in [0.1, 0.15) is 6.54 Å². The van der Waals surface area contributed by atoms with E-state index < -0.39 is 5.97 Å². The van der Waals surface area contributed by atoms with Crippen LogP contribution < -0.4 is 5.32 Å². The number of carboxylic acids is 1. The van der Waals surface area contributed by atoms with Crippen LogP contribution in [0.3, 0.4) is 0 Å². The number of benzene rings is 1. The zero-order valence-corrected chi connectivity index (χ0v) is 11.2. The standard InChI is InChI=1S/C11H9BrN4O3/c12-8-3-1-2-7(11(18)19)10(8)14-9(17)6-16-5-4-13-15-16/h1-5H,6H2,(H,14,17)(H,18,19). The summed E-state index contributed by atoms with van der Waals surface area (Å²) in [4.78, 5) is 22.9. The van der Waals surface area contributed by atoms with Gasteiger partial charge in [0, 0.05) is 10.7 Å². The molecule has 1 aromatic carbocycles. The van der Waals surface area contributed by atoms with Crippen molar-refractivity contribution >= 4 is 33.5 Å². The van der Waals surface area contributed by atoms with Gasteiger partial charge in [0.15, 0.2) is 0 Å². The van der Waals surface area contributed by atoms with E-state index in [0.717, 1.165) is 0 Å². The molecule has 0 saturated heterocycles. The van der Waals surface area contributed by atoms with E-state index in [2.05, 4.69) is 31.6 Å². The smallest absolute Gasteiger partial charge is 0.337 e. The van der Waals surface area contributed by atoms with Crippen LogP contribution in [0.4, 0.5) is 5.69 Å². The fourth-order valence-corrected chi connectivity index (χ4v) is 1.94. The maximum atomic E-state index is 11.8. The van der Waals surface area contributed by atoms with Crippen molar-refractivity contribution in [2.45, 2.75) is 6.54 Å². The van der Waals surface area contributed by atoms with Gasteiger partial charge >= 0.3 is 5.97 Å². The molecule has 19 heavy (non-hydrogen) atoms. The molecule has 0 aliphatic rings. The summed E-state index contributed by atoms with van der Waals surface area (Å²) in [6, 6.07) is 4.65. The Morgan fingerprint density at radius 1 is 1.42 bits per heavy atom. The molecule has 98 valence electrons. The Hall–Kier alpha value is -2.22. The number of nitrogens with zero attached hydrogens (tertiary/aromatic N) is 3. The summed E-state index contributed by atoms with van der Waals surface area (Å²) in [5, 5.41) is 18.8. The van der Waals surface area contributed by atoms with Gasteiger partial charge in [-0.15, -0.1) is 5.10 Å². The minimum atomic E-state index is -1.11. The molecule has 1 amide bonds. The van der Waals surface area contributed by atoms with Crippen LogP contribution in [0.1, 0.15) is 10.4 Å². The van der Waals surface area contributed by atoms with Crippen LogP contribution in [0.15, 0.2) is 35.1 Å².